The third-order valence-corrected chi connectivity index (χ3v) is 2.51. The average molecular weight is 301 g/mol. The lowest BCUT2D eigenvalue weighted by molar-refractivity contribution is -0.121. The molecule has 0 aliphatic carbocycles. The number of carbonyl (C=O) groups excluding carboxylic acids is 3. The van der Waals surface area contributed by atoms with Crippen LogP contribution >= 0.6 is 0 Å². The number of allylic oxidation sites excluding steroid dienone is 4. The summed E-state index contributed by atoms with van der Waals surface area (Å²) in [5.74, 6) is -0.405. The van der Waals surface area contributed by atoms with Crippen molar-refractivity contribution in [3.63, 3.8) is 0 Å². The summed E-state index contributed by atoms with van der Waals surface area (Å²) < 4.78 is 0. The van der Waals surface area contributed by atoms with Crippen LogP contribution in [0, 0.1) is 0 Å². The maximum atomic E-state index is 11.9. The van der Waals surface area contributed by atoms with E-state index in [0.29, 0.717) is 25.0 Å². The highest BCUT2D eigenvalue weighted by Gasteiger charge is 2.06. The molecule has 0 spiro atoms. The zero-order chi connectivity index (χ0) is 16.8. The highest BCUT2D eigenvalue weighted by Crippen LogP contribution is 1.98. The van der Waals surface area contributed by atoms with Crippen molar-refractivity contribution in [3.8, 4) is 0 Å². The van der Waals surface area contributed by atoms with Crippen molar-refractivity contribution in [1.29, 1.82) is 0 Å². The van der Waals surface area contributed by atoms with Crippen LogP contribution in [0.15, 0.2) is 49.1 Å². The number of rotatable bonds is 11. The molecule has 0 rings (SSSR count). The molecule has 0 aliphatic rings. The van der Waals surface area contributed by atoms with Gasteiger partial charge in [-0.3, -0.25) is 9.59 Å². The highest BCUT2D eigenvalue weighted by molar-refractivity contribution is 6.73. The molecule has 2 amide bonds. The lowest BCUT2D eigenvalue weighted by atomic mass is 9.69. The van der Waals surface area contributed by atoms with Gasteiger partial charge < -0.3 is 15.4 Å². The third-order valence-electron chi connectivity index (χ3n) is 2.51. The van der Waals surface area contributed by atoms with E-state index in [1.54, 1.807) is 24.3 Å². The molecule has 0 aliphatic heterocycles. The van der Waals surface area contributed by atoms with Gasteiger partial charge in [-0.05, 0) is 13.0 Å². The molecule has 0 saturated carbocycles. The molecule has 0 aromatic rings. The van der Waals surface area contributed by atoms with Crippen LogP contribution in [0.3, 0.4) is 0 Å². The van der Waals surface area contributed by atoms with E-state index in [4.69, 9.17) is 0 Å². The summed E-state index contributed by atoms with van der Waals surface area (Å²) in [5, 5.41) is 5.36. The van der Waals surface area contributed by atoms with Crippen LogP contribution in [0.25, 0.3) is 0 Å². The molecule has 0 heterocycles. The second-order valence-corrected chi connectivity index (χ2v) is 4.41. The van der Waals surface area contributed by atoms with Crippen LogP contribution in [-0.4, -0.2) is 37.9 Å². The number of nitrogens with one attached hydrogen (secondary N) is 2. The second-order valence-electron chi connectivity index (χ2n) is 4.41. The molecular formula is C16H22BN2O3. The summed E-state index contributed by atoms with van der Waals surface area (Å²) in [6.45, 7) is 9.19. The van der Waals surface area contributed by atoms with Gasteiger partial charge in [0, 0.05) is 25.1 Å². The fourth-order valence-electron chi connectivity index (χ4n) is 1.48. The molecule has 0 atom stereocenters. The van der Waals surface area contributed by atoms with E-state index in [9.17, 15) is 14.4 Å². The van der Waals surface area contributed by atoms with Crippen molar-refractivity contribution < 1.29 is 14.4 Å². The van der Waals surface area contributed by atoms with E-state index in [1.807, 2.05) is 0 Å². The van der Waals surface area contributed by atoms with Gasteiger partial charge in [-0.1, -0.05) is 43.8 Å². The predicted molar refractivity (Wildman–Crippen MR) is 89.5 cm³/mol. The fraction of sp³-hybridized carbons (Fsp3) is 0.312. The summed E-state index contributed by atoms with van der Waals surface area (Å²) in [5.41, 5.74) is 0.409. The molecule has 5 nitrogen and oxygen atoms in total. The maximum absolute atomic E-state index is 11.9. The SMILES string of the molecule is C=C/C=C\C(=C/C=C)C(=O)NCCNC(=O)CC[B]C(C)=O. The molecule has 22 heavy (non-hydrogen) atoms. The molecule has 0 fully saturated rings. The summed E-state index contributed by atoms with van der Waals surface area (Å²) in [6.07, 6.45) is 8.65. The van der Waals surface area contributed by atoms with E-state index >= 15 is 0 Å². The monoisotopic (exact) mass is 301 g/mol. The van der Waals surface area contributed by atoms with E-state index < -0.39 is 0 Å². The summed E-state index contributed by atoms with van der Waals surface area (Å²) in [6, 6.07) is 0. The van der Waals surface area contributed by atoms with Gasteiger partial charge in [0.15, 0.2) is 0 Å². The standard InChI is InChI=1S/C16H22BN2O3/c1-4-6-8-14(7-5-2)16(22)19-12-11-18-15(21)9-10-17-13(3)20/h4-8H,1-2,9-12H2,3H3,(H,18,21)(H,19,22)/b8-6-,14-7+. The van der Waals surface area contributed by atoms with Gasteiger partial charge in [0.05, 0.1) is 5.68 Å². The van der Waals surface area contributed by atoms with Crippen LogP contribution in [0.5, 0.6) is 0 Å². The Bertz CT molecular complexity index is 482. The van der Waals surface area contributed by atoms with E-state index in [1.165, 1.54) is 20.3 Å². The Morgan fingerprint density at radius 3 is 2.36 bits per heavy atom. The highest BCUT2D eigenvalue weighted by atomic mass is 16.2. The minimum absolute atomic E-state index is 0.0471. The molecule has 0 aromatic heterocycles. The summed E-state index contributed by atoms with van der Waals surface area (Å²) in [4.78, 5) is 34.0. The Labute approximate surface area is 132 Å². The van der Waals surface area contributed by atoms with Gasteiger partial charge in [-0.15, -0.1) is 0 Å². The van der Waals surface area contributed by atoms with Gasteiger partial charge in [0.25, 0.3) is 5.91 Å². The first-order valence-corrected chi connectivity index (χ1v) is 7.01. The fourth-order valence-corrected chi connectivity index (χ4v) is 1.48. The molecule has 0 aromatic carbocycles. The molecule has 6 heteroatoms. The molecule has 0 unspecified atom stereocenters. The first-order chi connectivity index (χ1) is 10.5. The Morgan fingerprint density at radius 1 is 1.09 bits per heavy atom. The van der Waals surface area contributed by atoms with Gasteiger partial charge in [0.2, 0.25) is 13.2 Å². The first kappa shape index (κ1) is 19.6. The van der Waals surface area contributed by atoms with E-state index in [-0.39, 0.29) is 23.9 Å². The lowest BCUT2D eigenvalue weighted by Crippen LogP contribution is -2.35. The second kappa shape index (κ2) is 12.4. The van der Waals surface area contributed by atoms with Crippen molar-refractivity contribution in [2.45, 2.75) is 19.7 Å². The number of hydrogen-bond donors (Lipinski definition) is 2. The normalized spacial score (nSPS) is 10.9. The van der Waals surface area contributed by atoms with Crippen molar-refractivity contribution in [1.82, 2.24) is 10.6 Å². The summed E-state index contributed by atoms with van der Waals surface area (Å²) >= 11 is 0. The number of amides is 2. The van der Waals surface area contributed by atoms with Crippen LogP contribution in [0.4, 0.5) is 0 Å². The van der Waals surface area contributed by atoms with Crippen molar-refractivity contribution in [2.75, 3.05) is 13.1 Å². The Balaban J connectivity index is 4.00. The Morgan fingerprint density at radius 2 is 1.77 bits per heavy atom. The van der Waals surface area contributed by atoms with E-state index in [0.717, 1.165) is 0 Å². The quantitative estimate of drug-likeness (QED) is 0.260. The average Bonchev–Trinajstić information content (AvgIpc) is 2.47. The maximum Gasteiger partial charge on any atom is 0.251 e. The molecular weight excluding hydrogens is 279 g/mol. The van der Waals surface area contributed by atoms with Gasteiger partial charge in [-0.2, -0.15) is 0 Å². The largest absolute Gasteiger partial charge is 0.354 e. The van der Waals surface area contributed by atoms with E-state index in [2.05, 4.69) is 23.8 Å². The molecule has 1 radical (unpaired) electrons. The number of carbonyl (C=O) groups is 3. The van der Waals surface area contributed by atoms with Crippen LogP contribution in [0.1, 0.15) is 13.3 Å². The van der Waals surface area contributed by atoms with Crippen molar-refractivity contribution >= 4 is 24.8 Å². The van der Waals surface area contributed by atoms with Crippen LogP contribution in [0.2, 0.25) is 6.32 Å². The zero-order valence-corrected chi connectivity index (χ0v) is 12.9. The lowest BCUT2D eigenvalue weighted by Gasteiger charge is -2.07. The molecule has 117 valence electrons. The minimum Gasteiger partial charge on any atom is -0.354 e. The van der Waals surface area contributed by atoms with Gasteiger partial charge >= 0.3 is 0 Å². The Kier molecular flexibility index (Phi) is 11.1. The smallest absolute Gasteiger partial charge is 0.251 e. The van der Waals surface area contributed by atoms with Crippen molar-refractivity contribution in [2.24, 2.45) is 0 Å². The Hall–Kier alpha value is -2.37. The molecule has 0 saturated heterocycles. The molecule has 0 bridgehead atoms. The first-order valence-electron chi connectivity index (χ1n) is 7.01. The van der Waals surface area contributed by atoms with Crippen LogP contribution < -0.4 is 10.6 Å². The topological polar surface area (TPSA) is 75.3 Å². The third kappa shape index (κ3) is 10.4. The van der Waals surface area contributed by atoms with Crippen LogP contribution in [-0.2, 0) is 14.4 Å². The minimum atomic E-state index is -0.253. The number of hydrogen-bond acceptors (Lipinski definition) is 3. The summed E-state index contributed by atoms with van der Waals surface area (Å²) in [7, 11) is 1.47. The van der Waals surface area contributed by atoms with Gasteiger partial charge in [-0.25, -0.2) is 0 Å². The molecule has 2 N–H and O–H groups in total. The predicted octanol–water partition coefficient (Wildman–Crippen LogP) is 1.13. The van der Waals surface area contributed by atoms with Crippen molar-refractivity contribution in [3.05, 3.63) is 49.1 Å². The zero-order valence-electron chi connectivity index (χ0n) is 12.9. The van der Waals surface area contributed by atoms with Gasteiger partial charge in [0.1, 0.15) is 0 Å².